The van der Waals surface area contributed by atoms with E-state index in [1.54, 1.807) is 6.07 Å². The lowest BCUT2D eigenvalue weighted by atomic mass is 10.1. The largest absolute Gasteiger partial charge is 0.465 e. The predicted octanol–water partition coefficient (Wildman–Crippen LogP) is 2.20. The van der Waals surface area contributed by atoms with Crippen molar-refractivity contribution in [3.05, 3.63) is 28.3 Å². The second-order valence-corrected chi connectivity index (χ2v) is 4.29. The van der Waals surface area contributed by atoms with Gasteiger partial charge in [0, 0.05) is 17.1 Å². The number of hydrogen-bond donors (Lipinski definition) is 0. The van der Waals surface area contributed by atoms with Crippen LogP contribution in [0.2, 0.25) is 0 Å². The van der Waals surface area contributed by atoms with Crippen LogP contribution in [0.3, 0.4) is 0 Å². The van der Waals surface area contributed by atoms with Crippen molar-refractivity contribution in [2.24, 2.45) is 0 Å². The van der Waals surface area contributed by atoms with Crippen molar-refractivity contribution >= 4 is 33.8 Å². The molecule has 0 saturated heterocycles. The van der Waals surface area contributed by atoms with Crippen LogP contribution in [0.1, 0.15) is 25.6 Å². The standard InChI is InChI=1S/C11H9NO3S/c1-6-8-3-7(5-13)4-12-10(8)16-9(6)11(14)15-2/h3-5H,1-2H3. The second kappa shape index (κ2) is 4.02. The zero-order chi connectivity index (χ0) is 11.7. The molecule has 0 atom stereocenters. The fourth-order valence-electron chi connectivity index (χ4n) is 1.47. The predicted molar refractivity (Wildman–Crippen MR) is 61.1 cm³/mol. The molecule has 0 amide bonds. The zero-order valence-corrected chi connectivity index (χ0v) is 9.63. The number of carbonyl (C=O) groups is 2. The van der Waals surface area contributed by atoms with Crippen molar-refractivity contribution in [3.8, 4) is 0 Å². The monoisotopic (exact) mass is 235 g/mol. The van der Waals surface area contributed by atoms with Crippen molar-refractivity contribution in [3.63, 3.8) is 0 Å². The first-order valence-corrected chi connectivity index (χ1v) is 5.41. The lowest BCUT2D eigenvalue weighted by Gasteiger charge is -1.95. The van der Waals surface area contributed by atoms with E-state index in [-0.39, 0.29) is 5.97 Å². The van der Waals surface area contributed by atoms with E-state index < -0.39 is 0 Å². The molecule has 16 heavy (non-hydrogen) atoms. The summed E-state index contributed by atoms with van der Waals surface area (Å²) in [7, 11) is 1.34. The molecule has 0 aliphatic rings. The lowest BCUT2D eigenvalue weighted by Crippen LogP contribution is -1.99. The molecular formula is C11H9NO3S. The molecule has 0 aromatic carbocycles. The van der Waals surface area contributed by atoms with Crippen molar-refractivity contribution in [2.45, 2.75) is 6.92 Å². The molecule has 5 heteroatoms. The Balaban J connectivity index is 2.68. The summed E-state index contributed by atoms with van der Waals surface area (Å²) >= 11 is 1.27. The van der Waals surface area contributed by atoms with E-state index in [1.165, 1.54) is 24.6 Å². The number of hydrogen-bond acceptors (Lipinski definition) is 5. The fourth-order valence-corrected chi connectivity index (χ4v) is 2.52. The molecule has 0 saturated carbocycles. The molecule has 2 aromatic rings. The Labute approximate surface area is 95.9 Å². The summed E-state index contributed by atoms with van der Waals surface area (Å²) in [6.07, 6.45) is 2.23. The van der Waals surface area contributed by atoms with Gasteiger partial charge in [0.15, 0.2) is 6.29 Å². The minimum absolute atomic E-state index is 0.367. The van der Waals surface area contributed by atoms with Gasteiger partial charge >= 0.3 is 5.97 Å². The number of ether oxygens (including phenoxy) is 1. The molecule has 0 spiro atoms. The van der Waals surface area contributed by atoms with Crippen LogP contribution in [0.5, 0.6) is 0 Å². The zero-order valence-electron chi connectivity index (χ0n) is 8.81. The number of methoxy groups -OCH3 is 1. The van der Waals surface area contributed by atoms with Crippen LogP contribution in [0.15, 0.2) is 12.3 Å². The molecule has 0 fully saturated rings. The maximum atomic E-state index is 11.4. The highest BCUT2D eigenvalue weighted by Gasteiger charge is 2.16. The first-order chi connectivity index (χ1) is 7.67. The number of thiophene rings is 1. The Morgan fingerprint density at radius 1 is 1.56 bits per heavy atom. The van der Waals surface area contributed by atoms with E-state index in [2.05, 4.69) is 9.72 Å². The number of aromatic nitrogens is 1. The van der Waals surface area contributed by atoms with Gasteiger partial charge in [-0.2, -0.15) is 0 Å². The summed E-state index contributed by atoms with van der Waals surface area (Å²) < 4.78 is 4.68. The molecule has 82 valence electrons. The Morgan fingerprint density at radius 2 is 2.31 bits per heavy atom. The third kappa shape index (κ3) is 1.59. The van der Waals surface area contributed by atoms with Crippen molar-refractivity contribution in [2.75, 3.05) is 7.11 Å². The van der Waals surface area contributed by atoms with Crippen LogP contribution in [-0.2, 0) is 4.74 Å². The van der Waals surface area contributed by atoms with E-state index in [4.69, 9.17) is 0 Å². The number of pyridine rings is 1. The number of aldehydes is 1. The molecule has 0 unspecified atom stereocenters. The molecule has 0 aliphatic carbocycles. The Hall–Kier alpha value is -1.75. The maximum Gasteiger partial charge on any atom is 0.348 e. The summed E-state index contributed by atoms with van der Waals surface area (Å²) in [5.74, 6) is -0.367. The van der Waals surface area contributed by atoms with Gasteiger partial charge < -0.3 is 4.74 Å². The number of rotatable bonds is 2. The van der Waals surface area contributed by atoms with E-state index in [0.29, 0.717) is 10.4 Å². The molecule has 0 N–H and O–H groups in total. The molecule has 0 radical (unpaired) electrons. The van der Waals surface area contributed by atoms with Crippen LogP contribution in [-0.4, -0.2) is 24.3 Å². The summed E-state index contributed by atoms with van der Waals surface area (Å²) in [5, 5.41) is 0.829. The Bertz CT molecular complexity index is 574. The lowest BCUT2D eigenvalue weighted by molar-refractivity contribution is 0.0605. The fraction of sp³-hybridized carbons (Fsp3) is 0.182. The van der Waals surface area contributed by atoms with Crippen LogP contribution in [0, 0.1) is 6.92 Å². The summed E-state index contributed by atoms with van der Waals surface area (Å²) in [6, 6.07) is 1.73. The number of aryl methyl sites for hydroxylation is 1. The molecule has 2 aromatic heterocycles. The maximum absolute atomic E-state index is 11.4. The third-order valence-electron chi connectivity index (χ3n) is 2.32. The average Bonchev–Trinajstić information content (AvgIpc) is 2.65. The highest BCUT2D eigenvalue weighted by molar-refractivity contribution is 7.20. The van der Waals surface area contributed by atoms with Gasteiger partial charge in [-0.1, -0.05) is 0 Å². The molecule has 0 aliphatic heterocycles. The van der Waals surface area contributed by atoms with Crippen LogP contribution < -0.4 is 0 Å². The number of carbonyl (C=O) groups excluding carboxylic acids is 2. The van der Waals surface area contributed by atoms with Gasteiger partial charge in [-0.15, -0.1) is 11.3 Å². The van der Waals surface area contributed by atoms with E-state index in [1.807, 2.05) is 6.92 Å². The van der Waals surface area contributed by atoms with E-state index >= 15 is 0 Å². The van der Waals surface area contributed by atoms with Crippen molar-refractivity contribution in [1.29, 1.82) is 0 Å². The summed E-state index contributed by atoms with van der Waals surface area (Å²) in [5.41, 5.74) is 1.31. The first-order valence-electron chi connectivity index (χ1n) is 4.60. The molecular weight excluding hydrogens is 226 g/mol. The Morgan fingerprint density at radius 3 is 2.94 bits per heavy atom. The molecule has 2 rings (SSSR count). The van der Waals surface area contributed by atoms with Crippen molar-refractivity contribution in [1.82, 2.24) is 4.98 Å². The van der Waals surface area contributed by atoms with E-state index in [0.717, 1.165) is 22.1 Å². The minimum atomic E-state index is -0.367. The average molecular weight is 235 g/mol. The Kier molecular flexibility index (Phi) is 2.70. The number of fused-ring (bicyclic) bond motifs is 1. The summed E-state index contributed by atoms with van der Waals surface area (Å²) in [6.45, 7) is 1.82. The summed E-state index contributed by atoms with van der Waals surface area (Å²) in [4.78, 5) is 27.5. The minimum Gasteiger partial charge on any atom is -0.465 e. The van der Waals surface area contributed by atoms with Gasteiger partial charge in [-0.3, -0.25) is 4.79 Å². The van der Waals surface area contributed by atoms with Gasteiger partial charge in [0.1, 0.15) is 9.71 Å². The van der Waals surface area contributed by atoms with Crippen LogP contribution in [0.4, 0.5) is 0 Å². The smallest absolute Gasteiger partial charge is 0.348 e. The van der Waals surface area contributed by atoms with E-state index in [9.17, 15) is 9.59 Å². The molecule has 0 bridgehead atoms. The first kappa shape index (κ1) is 10.8. The quantitative estimate of drug-likeness (QED) is 0.591. The normalized spacial score (nSPS) is 10.4. The number of esters is 1. The third-order valence-corrected chi connectivity index (χ3v) is 3.52. The van der Waals surface area contributed by atoms with Crippen molar-refractivity contribution < 1.29 is 14.3 Å². The van der Waals surface area contributed by atoms with Gasteiger partial charge in [-0.05, 0) is 18.6 Å². The molecule has 2 heterocycles. The highest BCUT2D eigenvalue weighted by Crippen LogP contribution is 2.29. The topological polar surface area (TPSA) is 56.3 Å². The highest BCUT2D eigenvalue weighted by atomic mass is 32.1. The van der Waals surface area contributed by atoms with Crippen LogP contribution in [0.25, 0.3) is 10.2 Å². The van der Waals surface area contributed by atoms with Gasteiger partial charge in [0.2, 0.25) is 0 Å². The second-order valence-electron chi connectivity index (χ2n) is 3.29. The molecule has 4 nitrogen and oxygen atoms in total. The van der Waals surface area contributed by atoms with Gasteiger partial charge in [-0.25, -0.2) is 9.78 Å². The van der Waals surface area contributed by atoms with Gasteiger partial charge in [0.05, 0.1) is 7.11 Å². The van der Waals surface area contributed by atoms with Crippen LogP contribution >= 0.6 is 11.3 Å². The van der Waals surface area contributed by atoms with Gasteiger partial charge in [0.25, 0.3) is 0 Å². The SMILES string of the molecule is COC(=O)c1sc2ncc(C=O)cc2c1C. The number of nitrogens with zero attached hydrogens (tertiary/aromatic N) is 1.